The fourth-order valence-corrected chi connectivity index (χ4v) is 0.104. The maximum absolute atomic E-state index is 9.21. The molecule has 0 saturated heterocycles. The first kappa shape index (κ1) is 5.14. The predicted molar refractivity (Wildman–Crippen MR) is 24.0 cm³/mol. The Bertz CT molecular complexity index is 59.8. The number of hydrogen-bond donors (Lipinski definition) is 1. The van der Waals surface area contributed by atoms with E-state index in [-0.39, 0.29) is 6.54 Å². The van der Waals surface area contributed by atoms with Gasteiger partial charge in [0.1, 0.15) is 6.54 Å². The largest absolute Gasteiger partial charge is 0.405 e. The summed E-state index contributed by atoms with van der Waals surface area (Å²) in [6.45, 7) is 0.177. The predicted octanol–water partition coefficient (Wildman–Crippen LogP) is 0.225. The molecule has 0 atom stereocenters. The lowest BCUT2D eigenvalue weighted by molar-refractivity contribution is 1.22. The Labute approximate surface area is 35.8 Å². The maximum Gasteiger partial charge on any atom is 0.101 e. The maximum atomic E-state index is 9.21. The van der Waals surface area contributed by atoms with Crippen LogP contribution in [0.5, 0.6) is 0 Å². The molecular formula is C3H6N2O. The van der Waals surface area contributed by atoms with Crippen molar-refractivity contribution in [3.8, 4) is 0 Å². The van der Waals surface area contributed by atoms with Crippen LogP contribution in [0.4, 0.5) is 0 Å². The average Bonchev–Trinajstić information content (AvgIpc) is 1.61. The molecule has 0 aromatic carbocycles. The van der Waals surface area contributed by atoms with Crippen molar-refractivity contribution in [1.29, 1.82) is 0 Å². The third-order valence-electron chi connectivity index (χ3n) is 0.316. The molecule has 0 unspecified atom stereocenters. The normalized spacial score (nSPS) is 9.33. The summed E-state index contributed by atoms with van der Waals surface area (Å²) >= 11 is 0. The first-order chi connectivity index (χ1) is 2.91. The van der Waals surface area contributed by atoms with Gasteiger partial charge in [-0.1, -0.05) is 5.18 Å². The molecule has 0 aromatic heterocycles. The van der Waals surface area contributed by atoms with Gasteiger partial charge in [0, 0.05) is 0 Å². The highest BCUT2D eigenvalue weighted by atomic mass is 16.3. The summed E-state index contributed by atoms with van der Waals surface area (Å²) in [6.07, 6.45) is 2.77. The summed E-state index contributed by atoms with van der Waals surface area (Å²) in [7, 11) is 0. The molecule has 0 fully saturated rings. The van der Waals surface area contributed by atoms with E-state index in [4.69, 9.17) is 5.73 Å². The summed E-state index contributed by atoms with van der Waals surface area (Å²) in [6, 6.07) is 0. The molecule has 0 aliphatic heterocycles. The van der Waals surface area contributed by atoms with Crippen molar-refractivity contribution in [1.82, 2.24) is 0 Å². The number of nitrogens with zero attached hydrogens (tertiary/aromatic N) is 1. The Hall–Kier alpha value is -0.860. The van der Waals surface area contributed by atoms with Crippen LogP contribution in [-0.4, -0.2) is 6.54 Å². The SMILES string of the molecule is NC=CCN=O. The lowest BCUT2D eigenvalue weighted by atomic mass is 10.6. The highest BCUT2D eigenvalue weighted by Gasteiger charge is 1.63. The van der Waals surface area contributed by atoms with Gasteiger partial charge in [-0.25, -0.2) is 0 Å². The molecule has 0 radical (unpaired) electrons. The number of nitroso groups, excluding NO2 is 1. The lowest BCUT2D eigenvalue weighted by Gasteiger charge is -1.66. The Morgan fingerprint density at radius 2 is 2.50 bits per heavy atom. The van der Waals surface area contributed by atoms with Gasteiger partial charge in [-0.15, -0.1) is 0 Å². The van der Waals surface area contributed by atoms with Crippen molar-refractivity contribution >= 4 is 0 Å². The van der Waals surface area contributed by atoms with E-state index >= 15 is 0 Å². The van der Waals surface area contributed by atoms with Crippen molar-refractivity contribution in [3.63, 3.8) is 0 Å². The molecule has 2 N–H and O–H groups in total. The Morgan fingerprint density at radius 1 is 1.83 bits per heavy atom. The summed E-state index contributed by atoms with van der Waals surface area (Å²) in [5, 5.41) is 2.51. The monoisotopic (exact) mass is 86.0 g/mol. The molecule has 0 heterocycles. The average molecular weight is 86.1 g/mol. The first-order valence-corrected chi connectivity index (χ1v) is 1.57. The first-order valence-electron chi connectivity index (χ1n) is 1.57. The molecule has 0 aliphatic carbocycles. The van der Waals surface area contributed by atoms with E-state index in [1.165, 1.54) is 12.3 Å². The van der Waals surface area contributed by atoms with Crippen molar-refractivity contribution in [2.45, 2.75) is 0 Å². The van der Waals surface area contributed by atoms with Crippen molar-refractivity contribution in [2.24, 2.45) is 10.9 Å². The number of rotatable bonds is 2. The van der Waals surface area contributed by atoms with Crippen LogP contribution in [-0.2, 0) is 0 Å². The molecule has 0 aromatic rings. The smallest absolute Gasteiger partial charge is 0.101 e. The molecule has 0 bridgehead atoms. The van der Waals surface area contributed by atoms with E-state index in [0.717, 1.165) is 0 Å². The quantitative estimate of drug-likeness (QED) is 0.489. The van der Waals surface area contributed by atoms with Crippen molar-refractivity contribution in [3.05, 3.63) is 17.2 Å². The molecule has 3 nitrogen and oxygen atoms in total. The van der Waals surface area contributed by atoms with Gasteiger partial charge in [0.15, 0.2) is 0 Å². The second-order valence-corrected chi connectivity index (χ2v) is 0.740. The third-order valence-corrected chi connectivity index (χ3v) is 0.316. The molecule has 0 amide bonds. The third kappa shape index (κ3) is 3.14. The molecule has 0 saturated carbocycles. The lowest BCUT2D eigenvalue weighted by Crippen LogP contribution is -1.76. The molecule has 3 heteroatoms. The second kappa shape index (κ2) is 4.14. The van der Waals surface area contributed by atoms with Gasteiger partial charge in [0.05, 0.1) is 0 Å². The van der Waals surface area contributed by atoms with E-state index in [1.807, 2.05) is 0 Å². The molecule has 0 aliphatic rings. The van der Waals surface area contributed by atoms with E-state index < -0.39 is 0 Å². The highest BCUT2D eigenvalue weighted by Crippen LogP contribution is 1.64. The van der Waals surface area contributed by atoms with Gasteiger partial charge >= 0.3 is 0 Å². The van der Waals surface area contributed by atoms with Gasteiger partial charge in [0.2, 0.25) is 0 Å². The summed E-state index contributed by atoms with van der Waals surface area (Å²) in [5.41, 5.74) is 4.84. The van der Waals surface area contributed by atoms with Crippen LogP contribution in [0.2, 0.25) is 0 Å². The van der Waals surface area contributed by atoms with Gasteiger partial charge < -0.3 is 5.73 Å². The molecule has 34 valence electrons. The molecular weight excluding hydrogens is 80.0 g/mol. The standard InChI is InChI=1S/C3H6N2O/c4-2-1-3-5-6/h1-2H,3-4H2. The van der Waals surface area contributed by atoms with Crippen LogP contribution in [0, 0.1) is 4.91 Å². The van der Waals surface area contributed by atoms with Crippen LogP contribution in [0.15, 0.2) is 17.5 Å². The van der Waals surface area contributed by atoms with Gasteiger partial charge in [0.25, 0.3) is 0 Å². The fourth-order valence-electron chi connectivity index (χ4n) is 0.104. The minimum atomic E-state index is 0.177. The minimum Gasteiger partial charge on any atom is -0.405 e. The van der Waals surface area contributed by atoms with E-state index in [2.05, 4.69) is 5.18 Å². The zero-order valence-electron chi connectivity index (χ0n) is 3.29. The van der Waals surface area contributed by atoms with Crippen LogP contribution in [0.3, 0.4) is 0 Å². The second-order valence-electron chi connectivity index (χ2n) is 0.740. The van der Waals surface area contributed by atoms with E-state index in [1.54, 1.807) is 0 Å². The van der Waals surface area contributed by atoms with Gasteiger partial charge in [-0.05, 0) is 12.3 Å². The topological polar surface area (TPSA) is 55.4 Å². The number of nitrogens with two attached hydrogens (primary N) is 1. The summed E-state index contributed by atoms with van der Waals surface area (Å²) in [4.78, 5) is 9.21. The highest BCUT2D eigenvalue weighted by molar-refractivity contribution is 4.77. The van der Waals surface area contributed by atoms with E-state index in [9.17, 15) is 4.91 Å². The Balaban J connectivity index is 2.85. The molecule has 0 spiro atoms. The fraction of sp³-hybridized carbons (Fsp3) is 0.333. The van der Waals surface area contributed by atoms with Gasteiger partial charge in [-0.3, -0.25) is 0 Å². The number of hydrogen-bond acceptors (Lipinski definition) is 3. The summed E-state index contributed by atoms with van der Waals surface area (Å²) < 4.78 is 0. The Kier molecular flexibility index (Phi) is 3.55. The van der Waals surface area contributed by atoms with Crippen LogP contribution in [0.1, 0.15) is 0 Å². The zero-order chi connectivity index (χ0) is 4.83. The molecule has 6 heavy (non-hydrogen) atoms. The van der Waals surface area contributed by atoms with Crippen LogP contribution >= 0.6 is 0 Å². The van der Waals surface area contributed by atoms with Crippen molar-refractivity contribution in [2.75, 3.05) is 6.54 Å². The van der Waals surface area contributed by atoms with Gasteiger partial charge in [-0.2, -0.15) is 4.91 Å². The minimum absolute atomic E-state index is 0.177. The van der Waals surface area contributed by atoms with E-state index in [0.29, 0.717) is 0 Å². The van der Waals surface area contributed by atoms with Crippen molar-refractivity contribution < 1.29 is 0 Å². The zero-order valence-corrected chi connectivity index (χ0v) is 3.29. The van der Waals surface area contributed by atoms with Crippen LogP contribution < -0.4 is 5.73 Å². The van der Waals surface area contributed by atoms with Crippen LogP contribution in [0.25, 0.3) is 0 Å². The molecule has 0 rings (SSSR count). The summed E-state index contributed by atoms with van der Waals surface area (Å²) in [5.74, 6) is 0. The Morgan fingerprint density at radius 3 is 2.67 bits per heavy atom.